The van der Waals surface area contributed by atoms with Gasteiger partial charge in [-0.3, -0.25) is 14.4 Å². The minimum Gasteiger partial charge on any atom is -0.510 e. The standard InChI is InChI=1S/C23H24ClFO4S.C13H12ClFO2S.2H2/c1-6-29-22(27)20(19-17(24)11-14(2)12-18(19)25)21(26)23(3,4)30-13-15-7-9-16(28-5)10-8-15;1-6-4-7(14)9(8(15)5-6)10-11(16)13(2,3)18-12(10)17;;/h6-12,20H,1,13H2,2-5H3;4-5,16H,1-3H3;2*1H. The summed E-state index contributed by atoms with van der Waals surface area (Å²) in [6.45, 7) is 13.5. The number of carbonyl (C=O) groups is 3. The first kappa shape index (κ1) is 39.1. The molecule has 0 fully saturated rings. The smallest absolute Gasteiger partial charge is 0.326 e. The Morgan fingerprint density at radius 2 is 1.62 bits per heavy atom. The van der Waals surface area contributed by atoms with Crippen molar-refractivity contribution in [2.24, 2.45) is 0 Å². The first-order chi connectivity index (χ1) is 22.3. The minimum atomic E-state index is -1.51. The van der Waals surface area contributed by atoms with Gasteiger partial charge in [-0.1, -0.05) is 53.7 Å². The second-order valence-electron chi connectivity index (χ2n) is 11.9. The largest absolute Gasteiger partial charge is 0.510 e. The number of aliphatic hydroxyl groups excluding tert-OH is 1. The van der Waals surface area contributed by atoms with Crippen LogP contribution in [-0.2, 0) is 24.9 Å². The zero-order chi connectivity index (χ0) is 36.1. The van der Waals surface area contributed by atoms with Gasteiger partial charge in [0.2, 0.25) is 5.12 Å². The summed E-state index contributed by atoms with van der Waals surface area (Å²) in [5.74, 6) is -3.12. The number of Topliss-reactive ketones (excluding diaryl/α,β-unsaturated/α-hetero) is 1. The minimum absolute atomic E-state index is 0. The number of ether oxygens (including phenoxy) is 2. The number of benzene rings is 3. The van der Waals surface area contributed by atoms with Gasteiger partial charge in [-0.05, 0) is 94.6 Å². The van der Waals surface area contributed by atoms with Crippen molar-refractivity contribution in [1.82, 2.24) is 0 Å². The Kier molecular flexibility index (Phi) is 13.0. The van der Waals surface area contributed by atoms with Gasteiger partial charge >= 0.3 is 5.97 Å². The second-order valence-corrected chi connectivity index (χ2v) is 15.9. The number of hydrogen-bond acceptors (Lipinski definition) is 8. The lowest BCUT2D eigenvalue weighted by molar-refractivity contribution is -0.144. The molecule has 0 saturated heterocycles. The number of ketones is 1. The number of thioether (sulfide) groups is 2. The quantitative estimate of drug-likeness (QED) is 0.125. The molecule has 1 N–H and O–H groups in total. The summed E-state index contributed by atoms with van der Waals surface area (Å²) in [6, 6.07) is 13.1. The Bertz CT molecular complexity index is 1740. The maximum Gasteiger partial charge on any atom is 0.326 e. The predicted molar refractivity (Wildman–Crippen MR) is 195 cm³/mol. The highest BCUT2D eigenvalue weighted by Crippen LogP contribution is 2.47. The van der Waals surface area contributed by atoms with Crippen molar-refractivity contribution in [3.05, 3.63) is 117 Å². The third-order valence-corrected chi connectivity index (χ3v) is 10.5. The van der Waals surface area contributed by atoms with Crippen LogP contribution in [0.15, 0.2) is 67.1 Å². The van der Waals surface area contributed by atoms with Crippen molar-refractivity contribution in [3.8, 4) is 5.75 Å². The molecule has 1 heterocycles. The lowest BCUT2D eigenvalue weighted by Crippen LogP contribution is -2.37. The number of hydrogen-bond donors (Lipinski definition) is 1. The second kappa shape index (κ2) is 15.9. The molecule has 0 saturated carbocycles. The van der Waals surface area contributed by atoms with Crippen LogP contribution >= 0.6 is 46.7 Å². The van der Waals surface area contributed by atoms with E-state index in [-0.39, 0.29) is 40.5 Å². The van der Waals surface area contributed by atoms with Gasteiger partial charge in [-0.15, -0.1) is 11.8 Å². The summed E-state index contributed by atoms with van der Waals surface area (Å²) < 4.78 is 37.0. The van der Waals surface area contributed by atoms with Crippen molar-refractivity contribution in [2.45, 2.75) is 62.7 Å². The van der Waals surface area contributed by atoms with Crippen molar-refractivity contribution >= 4 is 69.2 Å². The number of rotatable bonds is 10. The fraction of sp³-hybridized carbons (Fsp3) is 0.306. The fourth-order valence-corrected chi connectivity index (χ4v) is 7.46. The third-order valence-electron chi connectivity index (χ3n) is 7.36. The Morgan fingerprint density at radius 3 is 2.10 bits per heavy atom. The molecule has 1 aliphatic rings. The number of esters is 1. The van der Waals surface area contributed by atoms with Crippen LogP contribution in [-0.4, -0.2) is 38.6 Å². The van der Waals surface area contributed by atoms with E-state index in [1.165, 1.54) is 30.0 Å². The summed E-state index contributed by atoms with van der Waals surface area (Å²) in [7, 11) is 1.59. The van der Waals surface area contributed by atoms with Crippen LogP contribution in [0.3, 0.4) is 0 Å². The number of methoxy groups -OCH3 is 1. The highest BCUT2D eigenvalue weighted by atomic mass is 35.5. The first-order valence-corrected chi connectivity index (χ1v) is 17.1. The number of carbonyl (C=O) groups excluding carboxylic acids is 3. The van der Waals surface area contributed by atoms with Crippen molar-refractivity contribution in [2.75, 3.05) is 7.11 Å². The van der Waals surface area contributed by atoms with E-state index in [0.717, 1.165) is 29.3 Å². The van der Waals surface area contributed by atoms with Crippen molar-refractivity contribution in [1.29, 1.82) is 0 Å². The van der Waals surface area contributed by atoms with Gasteiger partial charge in [0.05, 0.1) is 33.5 Å². The first-order valence-electron chi connectivity index (χ1n) is 14.6. The van der Waals surface area contributed by atoms with Gasteiger partial charge < -0.3 is 14.6 Å². The number of aliphatic hydroxyl groups is 1. The summed E-state index contributed by atoms with van der Waals surface area (Å²) in [5.41, 5.74) is 2.01. The van der Waals surface area contributed by atoms with E-state index in [1.54, 1.807) is 54.7 Å². The van der Waals surface area contributed by atoms with Gasteiger partial charge in [-0.25, -0.2) is 8.78 Å². The lowest BCUT2D eigenvalue weighted by atomic mass is 9.87. The predicted octanol–water partition coefficient (Wildman–Crippen LogP) is 10.4. The van der Waals surface area contributed by atoms with E-state index < -0.39 is 38.8 Å². The monoisotopic (exact) mass is 740 g/mol. The highest BCUT2D eigenvalue weighted by molar-refractivity contribution is 8.16. The normalized spacial score (nSPS) is 14.6. The molecule has 3 aromatic carbocycles. The van der Waals surface area contributed by atoms with Crippen molar-refractivity contribution in [3.63, 3.8) is 0 Å². The molecule has 1 unspecified atom stereocenters. The zero-order valence-electron chi connectivity index (χ0n) is 27.5. The Balaban J connectivity index is 0.000000536. The molecule has 260 valence electrons. The average Bonchev–Trinajstić information content (AvgIpc) is 3.19. The van der Waals surface area contributed by atoms with Crippen LogP contribution in [0.4, 0.5) is 8.78 Å². The fourth-order valence-electron chi connectivity index (χ4n) is 4.79. The summed E-state index contributed by atoms with van der Waals surface area (Å²) in [4.78, 5) is 37.9. The molecule has 0 aromatic heterocycles. The van der Waals surface area contributed by atoms with Crippen LogP contribution in [0.25, 0.3) is 5.57 Å². The Morgan fingerprint density at radius 1 is 1.06 bits per heavy atom. The van der Waals surface area contributed by atoms with Gasteiger partial charge in [0, 0.05) is 24.8 Å². The molecular weight excluding hydrogens is 701 g/mol. The maximum atomic E-state index is 14.7. The Hall–Kier alpha value is -3.31. The molecule has 1 aliphatic heterocycles. The van der Waals surface area contributed by atoms with Crippen LogP contribution in [0.1, 0.15) is 64.3 Å². The van der Waals surface area contributed by atoms with E-state index in [9.17, 15) is 28.3 Å². The van der Waals surface area contributed by atoms with Crippen LogP contribution in [0.5, 0.6) is 5.75 Å². The molecule has 0 spiro atoms. The molecule has 0 bridgehead atoms. The van der Waals surface area contributed by atoms with Gasteiger partial charge in [-0.2, -0.15) is 0 Å². The van der Waals surface area contributed by atoms with Gasteiger partial charge in [0.25, 0.3) is 0 Å². The average molecular weight is 742 g/mol. The van der Waals surface area contributed by atoms with E-state index >= 15 is 0 Å². The molecule has 48 heavy (non-hydrogen) atoms. The summed E-state index contributed by atoms with van der Waals surface area (Å²) in [5, 5.41) is 9.85. The van der Waals surface area contributed by atoms with Crippen molar-refractivity contribution < 1.29 is 40.6 Å². The molecule has 4 rings (SSSR count). The van der Waals surface area contributed by atoms with Crippen LogP contribution in [0, 0.1) is 25.5 Å². The van der Waals surface area contributed by atoms with Gasteiger partial charge in [0.15, 0.2) is 5.78 Å². The molecule has 0 radical (unpaired) electrons. The van der Waals surface area contributed by atoms with E-state index in [4.69, 9.17) is 32.7 Å². The Labute approximate surface area is 300 Å². The third kappa shape index (κ3) is 9.02. The molecular formula is C36H40Cl2F2O6S2. The molecule has 12 heteroatoms. The molecule has 0 amide bonds. The lowest BCUT2D eigenvalue weighted by Gasteiger charge is -2.27. The number of halogens is 4. The highest BCUT2D eigenvalue weighted by Gasteiger charge is 2.43. The molecule has 0 aliphatic carbocycles. The molecule has 1 atom stereocenters. The summed E-state index contributed by atoms with van der Waals surface area (Å²) in [6.07, 6.45) is 0.917. The molecule has 6 nitrogen and oxygen atoms in total. The van der Waals surface area contributed by atoms with E-state index in [1.807, 2.05) is 24.3 Å². The van der Waals surface area contributed by atoms with E-state index in [0.29, 0.717) is 16.9 Å². The van der Waals surface area contributed by atoms with Crippen LogP contribution in [0.2, 0.25) is 10.0 Å². The molecule has 3 aromatic rings. The number of aryl methyl sites for hydroxylation is 2. The van der Waals surface area contributed by atoms with Crippen LogP contribution < -0.4 is 4.74 Å². The summed E-state index contributed by atoms with van der Waals surface area (Å²) >= 11 is 14.5. The van der Waals surface area contributed by atoms with E-state index in [2.05, 4.69) is 6.58 Å². The SMILES string of the molecule is C=COC(=O)C(C(=O)C(C)(C)SCc1ccc(OC)cc1)c1c(F)cc(C)cc1Cl.Cc1cc(F)c(C2=C(O)C(C)(C)SC2=O)c(Cl)c1.[HH].[HH]. The van der Waals surface area contributed by atoms with Gasteiger partial charge in [0.1, 0.15) is 29.1 Å². The maximum absolute atomic E-state index is 14.7. The topological polar surface area (TPSA) is 89.9 Å². The zero-order valence-corrected chi connectivity index (χ0v) is 30.6.